The third kappa shape index (κ3) is 7.56. The molecule has 11 heteroatoms. The number of furan rings is 1. The fourth-order valence-corrected chi connectivity index (χ4v) is 2.07. The van der Waals surface area contributed by atoms with Crippen molar-refractivity contribution in [1.29, 1.82) is 0 Å². The van der Waals surface area contributed by atoms with Crippen LogP contribution in [0.15, 0.2) is 52.0 Å². The van der Waals surface area contributed by atoms with Crippen molar-refractivity contribution in [3.05, 3.63) is 54.0 Å². The minimum atomic E-state index is -0.939. The zero-order valence-corrected chi connectivity index (χ0v) is 16.1. The molecule has 0 atom stereocenters. The Morgan fingerprint density at radius 1 is 0.967 bits per heavy atom. The number of ether oxygens (including phenoxy) is 1. The molecule has 158 valence electrons. The van der Waals surface area contributed by atoms with Gasteiger partial charge in [0.1, 0.15) is 11.5 Å². The number of methoxy groups -OCH3 is 1. The Morgan fingerprint density at radius 2 is 1.70 bits per heavy atom. The van der Waals surface area contributed by atoms with Crippen molar-refractivity contribution in [2.75, 3.05) is 25.6 Å². The van der Waals surface area contributed by atoms with Crippen molar-refractivity contribution in [3.8, 4) is 0 Å². The van der Waals surface area contributed by atoms with E-state index in [9.17, 15) is 19.2 Å². The van der Waals surface area contributed by atoms with Crippen LogP contribution in [0.5, 0.6) is 0 Å². The molecule has 2 rings (SSSR count). The summed E-state index contributed by atoms with van der Waals surface area (Å²) < 4.78 is 10.1. The molecule has 0 saturated carbocycles. The number of benzene rings is 1. The zero-order valence-electron chi connectivity index (χ0n) is 16.1. The normalized spacial score (nSPS) is 10.4. The van der Waals surface area contributed by atoms with Crippen LogP contribution >= 0.6 is 0 Å². The second kappa shape index (κ2) is 11.8. The Morgan fingerprint density at radius 3 is 2.43 bits per heavy atom. The SMILES string of the molecule is COCCNC(=O)C(=O)N/N=C/c1ccc(CNC(=O)C(=O)Nc2ccccc2)o1. The first-order valence-corrected chi connectivity index (χ1v) is 8.82. The number of hydrazone groups is 1. The van der Waals surface area contributed by atoms with Crippen molar-refractivity contribution in [2.24, 2.45) is 5.10 Å². The maximum absolute atomic E-state index is 11.8. The van der Waals surface area contributed by atoms with Gasteiger partial charge in [0.2, 0.25) is 0 Å². The molecule has 1 aromatic carbocycles. The molecule has 0 radical (unpaired) electrons. The number of hydrogen-bond acceptors (Lipinski definition) is 7. The van der Waals surface area contributed by atoms with Gasteiger partial charge in [-0.2, -0.15) is 5.10 Å². The Hall–Kier alpha value is -3.99. The molecule has 4 N–H and O–H groups in total. The second-order valence-corrected chi connectivity index (χ2v) is 5.75. The highest BCUT2D eigenvalue weighted by Crippen LogP contribution is 2.06. The van der Waals surface area contributed by atoms with Crippen LogP contribution in [0.25, 0.3) is 0 Å². The van der Waals surface area contributed by atoms with Gasteiger partial charge in [-0.15, -0.1) is 0 Å². The summed E-state index contributed by atoms with van der Waals surface area (Å²) in [5.74, 6) is -2.78. The van der Waals surface area contributed by atoms with Crippen LogP contribution in [0.4, 0.5) is 5.69 Å². The van der Waals surface area contributed by atoms with Gasteiger partial charge < -0.3 is 25.1 Å². The number of para-hydroxylation sites is 1. The number of anilines is 1. The van der Waals surface area contributed by atoms with Gasteiger partial charge in [0.15, 0.2) is 0 Å². The summed E-state index contributed by atoms with van der Waals surface area (Å²) in [5.41, 5.74) is 2.55. The monoisotopic (exact) mass is 415 g/mol. The first-order valence-electron chi connectivity index (χ1n) is 8.82. The summed E-state index contributed by atoms with van der Waals surface area (Å²) in [6.07, 6.45) is 1.19. The molecule has 2 aromatic rings. The Balaban J connectivity index is 1.74. The molecule has 30 heavy (non-hydrogen) atoms. The molecule has 0 spiro atoms. The fraction of sp³-hybridized carbons (Fsp3) is 0.211. The van der Waals surface area contributed by atoms with Crippen molar-refractivity contribution < 1.29 is 28.3 Å². The van der Waals surface area contributed by atoms with Crippen LogP contribution in [0.3, 0.4) is 0 Å². The number of nitrogens with one attached hydrogen (secondary N) is 4. The van der Waals surface area contributed by atoms with Crippen LogP contribution in [-0.4, -0.2) is 50.1 Å². The summed E-state index contributed by atoms with van der Waals surface area (Å²) in [6, 6.07) is 11.7. The minimum absolute atomic E-state index is 0.0247. The summed E-state index contributed by atoms with van der Waals surface area (Å²) in [7, 11) is 1.47. The number of amides is 4. The number of hydrogen-bond donors (Lipinski definition) is 4. The third-order valence-corrected chi connectivity index (χ3v) is 3.50. The van der Waals surface area contributed by atoms with Gasteiger partial charge in [-0.05, 0) is 24.3 Å². The van der Waals surface area contributed by atoms with E-state index in [1.165, 1.54) is 13.3 Å². The van der Waals surface area contributed by atoms with Crippen LogP contribution < -0.4 is 21.4 Å². The van der Waals surface area contributed by atoms with Crippen molar-refractivity contribution >= 4 is 35.5 Å². The van der Waals surface area contributed by atoms with Crippen LogP contribution in [0.1, 0.15) is 11.5 Å². The minimum Gasteiger partial charge on any atom is -0.458 e. The smallest absolute Gasteiger partial charge is 0.329 e. The first-order chi connectivity index (χ1) is 14.5. The van der Waals surface area contributed by atoms with Crippen molar-refractivity contribution in [1.82, 2.24) is 16.1 Å². The zero-order chi connectivity index (χ0) is 21.8. The van der Waals surface area contributed by atoms with Gasteiger partial charge in [0.05, 0.1) is 19.4 Å². The second-order valence-electron chi connectivity index (χ2n) is 5.75. The van der Waals surface area contributed by atoms with Crippen molar-refractivity contribution in [3.63, 3.8) is 0 Å². The average Bonchev–Trinajstić information content (AvgIpc) is 3.20. The summed E-state index contributed by atoms with van der Waals surface area (Å²) in [5, 5.41) is 10.8. The molecule has 11 nitrogen and oxygen atoms in total. The topological polar surface area (TPSA) is 151 Å². The lowest BCUT2D eigenvalue weighted by Crippen LogP contribution is -2.39. The highest BCUT2D eigenvalue weighted by atomic mass is 16.5. The lowest BCUT2D eigenvalue weighted by Gasteiger charge is -2.05. The molecule has 0 unspecified atom stereocenters. The van der Waals surface area contributed by atoms with Crippen LogP contribution in [-0.2, 0) is 30.5 Å². The third-order valence-electron chi connectivity index (χ3n) is 3.50. The summed E-state index contributed by atoms with van der Waals surface area (Å²) >= 11 is 0. The van der Waals surface area contributed by atoms with Gasteiger partial charge in [0, 0.05) is 19.3 Å². The molecular weight excluding hydrogens is 394 g/mol. The lowest BCUT2D eigenvalue weighted by molar-refractivity contribution is -0.139. The van der Waals surface area contributed by atoms with Gasteiger partial charge in [-0.25, -0.2) is 5.43 Å². The van der Waals surface area contributed by atoms with E-state index >= 15 is 0 Å². The maximum atomic E-state index is 11.8. The number of carbonyl (C=O) groups excluding carboxylic acids is 4. The first kappa shape index (κ1) is 22.3. The highest BCUT2D eigenvalue weighted by Gasteiger charge is 2.14. The molecule has 0 bridgehead atoms. The molecule has 0 saturated heterocycles. The van der Waals surface area contributed by atoms with E-state index in [1.807, 2.05) is 0 Å². The maximum Gasteiger partial charge on any atom is 0.329 e. The predicted molar refractivity (Wildman–Crippen MR) is 106 cm³/mol. The Labute approximate surface area is 171 Å². The molecule has 4 amide bonds. The van der Waals surface area contributed by atoms with E-state index in [1.54, 1.807) is 42.5 Å². The standard InChI is InChI=1S/C19H21N5O6/c1-29-10-9-20-17(26)19(28)24-22-12-15-8-7-14(30-15)11-21-16(25)18(27)23-13-5-3-2-4-6-13/h2-8,12H,9-11H2,1H3,(H,20,26)(H,21,25)(H,23,27)(H,24,28)/b22-12+. The lowest BCUT2D eigenvalue weighted by atomic mass is 10.3. The molecule has 0 aliphatic rings. The van der Waals surface area contributed by atoms with E-state index < -0.39 is 23.6 Å². The van der Waals surface area contributed by atoms with E-state index in [0.717, 1.165) is 0 Å². The van der Waals surface area contributed by atoms with Gasteiger partial charge in [0.25, 0.3) is 0 Å². The average molecular weight is 415 g/mol. The van der Waals surface area contributed by atoms with Crippen LogP contribution in [0, 0.1) is 0 Å². The van der Waals surface area contributed by atoms with Crippen molar-refractivity contribution in [2.45, 2.75) is 6.54 Å². The van der Waals surface area contributed by atoms with Gasteiger partial charge in [-0.1, -0.05) is 18.2 Å². The van der Waals surface area contributed by atoms with Crippen LogP contribution in [0.2, 0.25) is 0 Å². The molecule has 1 heterocycles. The fourth-order valence-electron chi connectivity index (χ4n) is 2.07. The van der Waals surface area contributed by atoms with E-state index in [2.05, 4.69) is 26.5 Å². The quantitative estimate of drug-likeness (QED) is 0.202. The number of rotatable bonds is 8. The summed E-state index contributed by atoms with van der Waals surface area (Å²) in [6.45, 7) is 0.453. The Bertz CT molecular complexity index is 909. The molecule has 0 aliphatic heterocycles. The highest BCUT2D eigenvalue weighted by molar-refractivity contribution is 6.39. The predicted octanol–water partition coefficient (Wildman–Crippen LogP) is -0.253. The van der Waals surface area contributed by atoms with Gasteiger partial charge in [-0.3, -0.25) is 19.2 Å². The van der Waals surface area contributed by atoms with E-state index in [4.69, 9.17) is 9.15 Å². The molecule has 0 aliphatic carbocycles. The molecule has 0 fully saturated rings. The molecule has 1 aromatic heterocycles. The molecular formula is C19H21N5O6. The number of nitrogens with zero attached hydrogens (tertiary/aromatic N) is 1. The summed E-state index contributed by atoms with van der Waals surface area (Å²) in [4.78, 5) is 46.6. The van der Waals surface area contributed by atoms with Gasteiger partial charge >= 0.3 is 23.6 Å². The van der Waals surface area contributed by atoms with E-state index in [-0.39, 0.29) is 25.5 Å². The number of carbonyl (C=O) groups is 4. The largest absolute Gasteiger partial charge is 0.458 e. The Kier molecular flexibility index (Phi) is 8.74. The van der Waals surface area contributed by atoms with E-state index in [0.29, 0.717) is 11.4 Å².